The Morgan fingerprint density at radius 1 is 1.20 bits per heavy atom. The minimum absolute atomic E-state index is 0.213. The fourth-order valence-corrected chi connectivity index (χ4v) is 2.36. The number of hydrogen-bond donors (Lipinski definition) is 1. The molecule has 1 aromatic rings. The second-order valence-electron chi connectivity index (χ2n) is 4.02. The molecule has 0 amide bonds. The van der Waals surface area contributed by atoms with Gasteiger partial charge in [0.1, 0.15) is 0 Å². The Morgan fingerprint density at radius 2 is 1.85 bits per heavy atom. The summed E-state index contributed by atoms with van der Waals surface area (Å²) in [6.45, 7) is 1.24. The van der Waals surface area contributed by atoms with Crippen LogP contribution < -0.4 is 14.8 Å². The van der Waals surface area contributed by atoms with Crippen LogP contribution in [0.5, 0.6) is 11.5 Å². The Kier molecular flexibility index (Phi) is 7.25. The summed E-state index contributed by atoms with van der Waals surface area (Å²) in [4.78, 5) is 12.1. The summed E-state index contributed by atoms with van der Waals surface area (Å²) >= 11 is 1.65. The summed E-state index contributed by atoms with van der Waals surface area (Å²) in [5.74, 6) is 1.21. The number of thioether (sulfide) groups is 1. The molecule has 0 aliphatic heterocycles. The zero-order valence-corrected chi connectivity index (χ0v) is 13.1. The monoisotopic (exact) mass is 299 g/mol. The van der Waals surface area contributed by atoms with Crippen molar-refractivity contribution in [2.45, 2.75) is 17.9 Å². The molecule has 5 nitrogen and oxygen atoms in total. The third-order valence-corrected chi connectivity index (χ3v) is 3.66. The molecule has 0 unspecified atom stereocenters. The van der Waals surface area contributed by atoms with Crippen molar-refractivity contribution in [3.63, 3.8) is 0 Å². The van der Waals surface area contributed by atoms with Gasteiger partial charge in [-0.3, -0.25) is 4.79 Å². The van der Waals surface area contributed by atoms with Crippen LogP contribution >= 0.6 is 11.8 Å². The predicted molar refractivity (Wildman–Crippen MR) is 79.7 cm³/mol. The minimum Gasteiger partial charge on any atom is -0.493 e. The van der Waals surface area contributed by atoms with Gasteiger partial charge in [0.2, 0.25) is 0 Å². The van der Waals surface area contributed by atoms with E-state index in [1.807, 2.05) is 18.4 Å². The van der Waals surface area contributed by atoms with Gasteiger partial charge in [-0.2, -0.15) is 0 Å². The van der Waals surface area contributed by atoms with Crippen LogP contribution in [0.15, 0.2) is 17.0 Å². The number of hydrogen-bond acceptors (Lipinski definition) is 6. The molecule has 0 aliphatic carbocycles. The van der Waals surface area contributed by atoms with Crippen molar-refractivity contribution in [1.29, 1.82) is 0 Å². The maximum Gasteiger partial charge on any atom is 0.306 e. The molecule has 1 rings (SSSR count). The first-order chi connectivity index (χ1) is 9.65. The Morgan fingerprint density at radius 3 is 2.40 bits per heavy atom. The van der Waals surface area contributed by atoms with Crippen molar-refractivity contribution < 1.29 is 19.0 Å². The van der Waals surface area contributed by atoms with E-state index >= 15 is 0 Å². The molecule has 0 aliphatic rings. The largest absolute Gasteiger partial charge is 0.493 e. The molecule has 112 valence electrons. The van der Waals surface area contributed by atoms with Crippen LogP contribution in [0.25, 0.3) is 0 Å². The van der Waals surface area contributed by atoms with Gasteiger partial charge in [0.15, 0.2) is 11.5 Å². The molecule has 0 radical (unpaired) electrons. The summed E-state index contributed by atoms with van der Waals surface area (Å²) in [5, 5.41) is 3.22. The van der Waals surface area contributed by atoms with Gasteiger partial charge in [0.25, 0.3) is 0 Å². The van der Waals surface area contributed by atoms with Crippen LogP contribution in [0.1, 0.15) is 12.0 Å². The minimum atomic E-state index is -0.213. The first kappa shape index (κ1) is 16.7. The van der Waals surface area contributed by atoms with Crippen molar-refractivity contribution in [3.05, 3.63) is 17.7 Å². The smallest absolute Gasteiger partial charge is 0.306 e. The fourth-order valence-electron chi connectivity index (χ4n) is 1.75. The molecule has 6 heteroatoms. The third-order valence-electron chi connectivity index (χ3n) is 2.84. The van der Waals surface area contributed by atoms with E-state index in [-0.39, 0.29) is 5.97 Å². The number of benzene rings is 1. The highest BCUT2D eigenvalue weighted by atomic mass is 32.2. The van der Waals surface area contributed by atoms with Crippen LogP contribution in [-0.2, 0) is 16.1 Å². The average Bonchev–Trinajstić information content (AvgIpc) is 2.50. The maximum atomic E-state index is 11.0. The summed E-state index contributed by atoms with van der Waals surface area (Å²) in [7, 11) is 4.63. The maximum absolute atomic E-state index is 11.0. The van der Waals surface area contributed by atoms with Crippen LogP contribution in [0.3, 0.4) is 0 Å². The number of nitrogens with one attached hydrogen (secondary N) is 1. The summed E-state index contributed by atoms with van der Waals surface area (Å²) in [5.41, 5.74) is 1.11. The second-order valence-corrected chi connectivity index (χ2v) is 4.87. The van der Waals surface area contributed by atoms with E-state index in [4.69, 9.17) is 9.47 Å². The van der Waals surface area contributed by atoms with Crippen LogP contribution in [0.2, 0.25) is 0 Å². The third kappa shape index (κ3) is 4.61. The zero-order chi connectivity index (χ0) is 15.0. The lowest BCUT2D eigenvalue weighted by Crippen LogP contribution is -2.18. The number of rotatable bonds is 8. The lowest BCUT2D eigenvalue weighted by Gasteiger charge is -2.14. The number of carbonyl (C=O) groups is 1. The molecule has 0 saturated carbocycles. The second kappa shape index (κ2) is 8.71. The van der Waals surface area contributed by atoms with Crippen LogP contribution in [0.4, 0.5) is 0 Å². The highest BCUT2D eigenvalue weighted by molar-refractivity contribution is 7.98. The lowest BCUT2D eigenvalue weighted by atomic mass is 10.2. The SMILES string of the molecule is COC(=O)CCNCc1cc(OC)c(OC)cc1SC. The molecule has 0 saturated heterocycles. The topological polar surface area (TPSA) is 56.8 Å². The van der Waals surface area contributed by atoms with Crippen LogP contribution in [-0.4, -0.2) is 40.1 Å². The summed E-state index contributed by atoms with van der Waals surface area (Å²) in [6, 6.07) is 3.91. The van der Waals surface area contributed by atoms with Crippen molar-refractivity contribution in [2.75, 3.05) is 34.1 Å². The standard InChI is InChI=1S/C14H21NO4S/c1-17-11-7-10(9-15-6-5-14(16)19-3)13(20-4)8-12(11)18-2/h7-8,15H,5-6,9H2,1-4H3. The van der Waals surface area contributed by atoms with Gasteiger partial charge in [-0.1, -0.05) is 0 Å². The van der Waals surface area contributed by atoms with E-state index in [1.165, 1.54) is 7.11 Å². The molecule has 20 heavy (non-hydrogen) atoms. The van der Waals surface area contributed by atoms with Gasteiger partial charge >= 0.3 is 5.97 Å². The van der Waals surface area contributed by atoms with Gasteiger partial charge in [-0.15, -0.1) is 11.8 Å². The number of esters is 1. The lowest BCUT2D eigenvalue weighted by molar-refractivity contribution is -0.140. The number of ether oxygens (including phenoxy) is 3. The molecule has 0 fully saturated rings. The van der Waals surface area contributed by atoms with Crippen molar-refractivity contribution in [2.24, 2.45) is 0 Å². The zero-order valence-electron chi connectivity index (χ0n) is 12.3. The quantitative estimate of drug-likeness (QED) is 0.450. The van der Waals surface area contributed by atoms with Crippen molar-refractivity contribution >= 4 is 17.7 Å². The van der Waals surface area contributed by atoms with E-state index in [9.17, 15) is 4.79 Å². The fraction of sp³-hybridized carbons (Fsp3) is 0.500. The molecule has 0 spiro atoms. The molecule has 0 aromatic heterocycles. The molecule has 0 bridgehead atoms. The normalized spacial score (nSPS) is 10.2. The molecular formula is C14H21NO4S. The number of methoxy groups -OCH3 is 3. The van der Waals surface area contributed by atoms with Gasteiger partial charge in [-0.05, 0) is 24.0 Å². The van der Waals surface area contributed by atoms with E-state index in [2.05, 4.69) is 10.1 Å². The molecular weight excluding hydrogens is 278 g/mol. The molecule has 0 heterocycles. The average molecular weight is 299 g/mol. The Balaban J connectivity index is 2.70. The van der Waals surface area contributed by atoms with E-state index in [0.29, 0.717) is 25.3 Å². The Labute approximate surface area is 124 Å². The summed E-state index contributed by atoms with van der Waals surface area (Å²) < 4.78 is 15.2. The van der Waals surface area contributed by atoms with E-state index in [0.717, 1.165) is 16.2 Å². The highest BCUT2D eigenvalue weighted by Crippen LogP contribution is 2.34. The van der Waals surface area contributed by atoms with Crippen LogP contribution in [0, 0.1) is 0 Å². The highest BCUT2D eigenvalue weighted by Gasteiger charge is 2.10. The van der Waals surface area contributed by atoms with Gasteiger partial charge in [0.05, 0.1) is 27.8 Å². The number of carbonyl (C=O) groups excluding carboxylic acids is 1. The first-order valence-corrected chi connectivity index (χ1v) is 7.45. The predicted octanol–water partition coefficient (Wildman–Crippen LogP) is 2.08. The van der Waals surface area contributed by atoms with Gasteiger partial charge in [0, 0.05) is 18.0 Å². The Bertz CT molecular complexity index is 451. The molecule has 1 N–H and O–H groups in total. The summed E-state index contributed by atoms with van der Waals surface area (Å²) in [6.07, 6.45) is 2.37. The van der Waals surface area contributed by atoms with Gasteiger partial charge in [-0.25, -0.2) is 0 Å². The van der Waals surface area contributed by atoms with E-state index in [1.54, 1.807) is 26.0 Å². The Hall–Kier alpha value is -1.40. The van der Waals surface area contributed by atoms with Crippen molar-refractivity contribution in [3.8, 4) is 11.5 Å². The molecule has 1 aromatic carbocycles. The van der Waals surface area contributed by atoms with E-state index < -0.39 is 0 Å². The first-order valence-electron chi connectivity index (χ1n) is 6.22. The van der Waals surface area contributed by atoms with Gasteiger partial charge < -0.3 is 19.5 Å². The molecule has 0 atom stereocenters. The van der Waals surface area contributed by atoms with Crippen molar-refractivity contribution in [1.82, 2.24) is 5.32 Å².